The van der Waals surface area contributed by atoms with E-state index in [4.69, 9.17) is 0 Å². The summed E-state index contributed by atoms with van der Waals surface area (Å²) in [5.41, 5.74) is 0.259. The summed E-state index contributed by atoms with van der Waals surface area (Å²) in [5.74, 6) is -1.07. The molecule has 0 aliphatic heterocycles. The number of aldehydes is 1. The van der Waals surface area contributed by atoms with Gasteiger partial charge in [-0.3, -0.25) is 0 Å². The molecule has 0 radical (unpaired) electrons. The first kappa shape index (κ1) is 12.8. The van der Waals surface area contributed by atoms with Crippen LogP contribution in [0.3, 0.4) is 0 Å². The van der Waals surface area contributed by atoms with Crippen LogP contribution in [0.4, 0.5) is 4.39 Å². The minimum Gasteiger partial charge on any atom is -0.303 e. The summed E-state index contributed by atoms with van der Waals surface area (Å²) in [6.07, 6.45) is 1.82. The lowest BCUT2D eigenvalue weighted by atomic mass is 9.98. The molecular formula is C11H13FO3S. The van der Waals surface area contributed by atoms with Crippen molar-refractivity contribution in [1.82, 2.24) is 0 Å². The maximum absolute atomic E-state index is 13.8. The van der Waals surface area contributed by atoms with Crippen molar-refractivity contribution in [3.8, 4) is 0 Å². The third-order valence-electron chi connectivity index (χ3n) is 2.37. The average molecular weight is 244 g/mol. The van der Waals surface area contributed by atoms with Crippen LogP contribution in [0, 0.1) is 5.82 Å². The number of rotatable bonds is 4. The average Bonchev–Trinajstić information content (AvgIpc) is 2.16. The van der Waals surface area contributed by atoms with E-state index in [0.717, 1.165) is 6.26 Å². The van der Waals surface area contributed by atoms with Crippen molar-refractivity contribution >= 4 is 16.1 Å². The fourth-order valence-electron chi connectivity index (χ4n) is 1.47. The Hall–Kier alpha value is -1.23. The zero-order valence-electron chi connectivity index (χ0n) is 9.10. The van der Waals surface area contributed by atoms with Crippen LogP contribution in [0.25, 0.3) is 0 Å². The molecule has 0 saturated carbocycles. The van der Waals surface area contributed by atoms with Gasteiger partial charge in [-0.25, -0.2) is 12.8 Å². The van der Waals surface area contributed by atoms with Gasteiger partial charge in [0, 0.05) is 12.7 Å². The summed E-state index contributed by atoms with van der Waals surface area (Å²) in [6, 6.07) is 4.20. The van der Waals surface area contributed by atoms with E-state index in [0.29, 0.717) is 6.29 Å². The molecule has 1 aromatic rings. The molecule has 0 spiro atoms. The molecule has 0 bridgehead atoms. The molecule has 0 fully saturated rings. The van der Waals surface area contributed by atoms with Gasteiger partial charge in [0.25, 0.3) is 0 Å². The largest absolute Gasteiger partial charge is 0.303 e. The van der Waals surface area contributed by atoms with Gasteiger partial charge in [0.15, 0.2) is 9.84 Å². The Kier molecular flexibility index (Phi) is 3.80. The SMILES string of the molecule is CC(CC=O)c1cccc(S(C)(=O)=O)c1F. The van der Waals surface area contributed by atoms with Gasteiger partial charge in [0.1, 0.15) is 17.0 Å². The highest BCUT2D eigenvalue weighted by molar-refractivity contribution is 7.90. The summed E-state index contributed by atoms with van der Waals surface area (Å²) in [4.78, 5) is 10.0. The van der Waals surface area contributed by atoms with Gasteiger partial charge in [0.2, 0.25) is 0 Å². The Balaban J connectivity index is 3.29. The summed E-state index contributed by atoms with van der Waals surface area (Å²) < 4.78 is 36.4. The summed E-state index contributed by atoms with van der Waals surface area (Å²) in [6.45, 7) is 1.68. The van der Waals surface area contributed by atoms with Crippen molar-refractivity contribution in [3.05, 3.63) is 29.6 Å². The Morgan fingerprint density at radius 1 is 1.44 bits per heavy atom. The van der Waals surface area contributed by atoms with Crippen LogP contribution in [0.2, 0.25) is 0 Å². The van der Waals surface area contributed by atoms with Gasteiger partial charge in [-0.2, -0.15) is 0 Å². The van der Waals surface area contributed by atoms with Crippen LogP contribution in [0.1, 0.15) is 24.8 Å². The first-order chi connectivity index (χ1) is 7.38. The lowest BCUT2D eigenvalue weighted by molar-refractivity contribution is -0.108. The van der Waals surface area contributed by atoms with E-state index in [2.05, 4.69) is 0 Å². The van der Waals surface area contributed by atoms with E-state index in [-0.39, 0.29) is 22.8 Å². The molecule has 1 unspecified atom stereocenters. The van der Waals surface area contributed by atoms with Crippen LogP contribution in [-0.4, -0.2) is 21.0 Å². The van der Waals surface area contributed by atoms with Crippen molar-refractivity contribution < 1.29 is 17.6 Å². The number of hydrogen-bond acceptors (Lipinski definition) is 3. The van der Waals surface area contributed by atoms with E-state index in [1.54, 1.807) is 6.92 Å². The van der Waals surface area contributed by atoms with E-state index < -0.39 is 15.7 Å². The molecule has 1 atom stereocenters. The second-order valence-corrected chi connectivity index (χ2v) is 5.72. The molecule has 0 amide bonds. The molecule has 88 valence electrons. The van der Waals surface area contributed by atoms with Crippen molar-refractivity contribution in [2.45, 2.75) is 24.2 Å². The van der Waals surface area contributed by atoms with Gasteiger partial charge < -0.3 is 4.79 Å². The maximum Gasteiger partial charge on any atom is 0.178 e. The maximum atomic E-state index is 13.8. The topological polar surface area (TPSA) is 51.2 Å². The first-order valence-electron chi connectivity index (χ1n) is 4.80. The van der Waals surface area contributed by atoms with Gasteiger partial charge in [-0.15, -0.1) is 0 Å². The van der Waals surface area contributed by atoms with Crippen LogP contribution in [0.5, 0.6) is 0 Å². The minimum absolute atomic E-state index is 0.171. The van der Waals surface area contributed by atoms with Crippen molar-refractivity contribution in [2.24, 2.45) is 0 Å². The van der Waals surface area contributed by atoms with Crippen molar-refractivity contribution in [2.75, 3.05) is 6.26 Å². The molecule has 0 N–H and O–H groups in total. The summed E-state index contributed by atoms with van der Waals surface area (Å²) in [5, 5.41) is 0. The summed E-state index contributed by atoms with van der Waals surface area (Å²) >= 11 is 0. The molecule has 0 saturated heterocycles. The Labute approximate surface area is 94.2 Å². The molecule has 3 nitrogen and oxygen atoms in total. The monoisotopic (exact) mass is 244 g/mol. The Bertz CT molecular complexity index is 494. The highest BCUT2D eigenvalue weighted by atomic mass is 32.2. The molecule has 5 heteroatoms. The molecular weight excluding hydrogens is 231 g/mol. The van der Waals surface area contributed by atoms with Crippen LogP contribution >= 0.6 is 0 Å². The minimum atomic E-state index is -3.57. The third kappa shape index (κ3) is 2.66. The van der Waals surface area contributed by atoms with Gasteiger partial charge in [0.05, 0.1) is 0 Å². The second-order valence-electron chi connectivity index (χ2n) is 3.73. The van der Waals surface area contributed by atoms with E-state index in [9.17, 15) is 17.6 Å². The first-order valence-corrected chi connectivity index (χ1v) is 6.69. The van der Waals surface area contributed by atoms with Gasteiger partial charge >= 0.3 is 0 Å². The molecule has 1 aromatic carbocycles. The van der Waals surface area contributed by atoms with Crippen LogP contribution in [0.15, 0.2) is 23.1 Å². The number of carbonyl (C=O) groups is 1. The Morgan fingerprint density at radius 3 is 2.56 bits per heavy atom. The smallest absolute Gasteiger partial charge is 0.178 e. The number of halogens is 1. The number of benzene rings is 1. The molecule has 0 aromatic heterocycles. The number of carbonyl (C=O) groups excluding carboxylic acids is 1. The van der Waals surface area contributed by atoms with Gasteiger partial charge in [-0.05, 0) is 17.5 Å². The van der Waals surface area contributed by atoms with E-state index in [1.165, 1.54) is 18.2 Å². The fraction of sp³-hybridized carbons (Fsp3) is 0.364. The van der Waals surface area contributed by atoms with Crippen molar-refractivity contribution in [3.63, 3.8) is 0 Å². The molecule has 1 rings (SSSR count). The van der Waals surface area contributed by atoms with Crippen molar-refractivity contribution in [1.29, 1.82) is 0 Å². The standard InChI is InChI=1S/C11H13FO3S/c1-8(6-7-13)9-4-3-5-10(11(9)12)16(2,14)15/h3-5,7-8H,6H2,1-2H3. The summed E-state index contributed by atoms with van der Waals surface area (Å²) in [7, 11) is -3.57. The molecule has 0 heterocycles. The van der Waals surface area contributed by atoms with Gasteiger partial charge in [-0.1, -0.05) is 19.1 Å². The predicted octanol–water partition coefficient (Wildman–Crippen LogP) is 1.92. The normalized spacial score (nSPS) is 13.4. The highest BCUT2D eigenvalue weighted by Crippen LogP contribution is 2.25. The fourth-order valence-corrected chi connectivity index (χ4v) is 2.24. The van der Waals surface area contributed by atoms with Crippen LogP contribution < -0.4 is 0 Å². The zero-order chi connectivity index (χ0) is 12.3. The highest BCUT2D eigenvalue weighted by Gasteiger charge is 2.19. The lowest BCUT2D eigenvalue weighted by Crippen LogP contribution is -2.06. The molecule has 0 aliphatic carbocycles. The Morgan fingerprint density at radius 2 is 2.06 bits per heavy atom. The number of sulfone groups is 1. The van der Waals surface area contributed by atoms with E-state index >= 15 is 0 Å². The molecule has 16 heavy (non-hydrogen) atoms. The van der Waals surface area contributed by atoms with E-state index in [1.807, 2.05) is 0 Å². The zero-order valence-corrected chi connectivity index (χ0v) is 9.92. The van der Waals surface area contributed by atoms with Crippen LogP contribution in [-0.2, 0) is 14.6 Å². The second kappa shape index (κ2) is 4.74. The predicted molar refractivity (Wildman–Crippen MR) is 58.6 cm³/mol. The molecule has 0 aliphatic rings. The third-order valence-corrected chi connectivity index (χ3v) is 3.49. The lowest BCUT2D eigenvalue weighted by Gasteiger charge is -2.11. The quantitative estimate of drug-likeness (QED) is 0.760. The number of hydrogen-bond donors (Lipinski definition) is 0.